The molecule has 11 nitrogen and oxygen atoms in total. The Hall–Kier alpha value is -2.90. The molecule has 4 fully saturated rings. The van der Waals surface area contributed by atoms with Crippen LogP contribution in [0.5, 0.6) is 0 Å². The average molecular weight is 630 g/mol. The number of nitrogens with two attached hydrogens (primary N) is 1. The number of hydrogen-bond donors (Lipinski definition) is 3. The summed E-state index contributed by atoms with van der Waals surface area (Å²) in [6, 6.07) is -0.707. The summed E-state index contributed by atoms with van der Waals surface area (Å²) in [6.07, 6.45) is 11.5. The number of hydrogen-bond acceptors (Lipinski definition) is 8. The topological polar surface area (TPSA) is 124 Å². The molecule has 2 amide bonds. The fourth-order valence-corrected chi connectivity index (χ4v) is 8.03. The summed E-state index contributed by atoms with van der Waals surface area (Å²) in [5.41, 5.74) is 5.65. The van der Waals surface area contributed by atoms with E-state index in [2.05, 4.69) is 30.5 Å². The van der Waals surface area contributed by atoms with E-state index in [1.807, 2.05) is 19.0 Å². The van der Waals surface area contributed by atoms with E-state index in [0.29, 0.717) is 38.5 Å². The lowest BCUT2D eigenvalue weighted by Gasteiger charge is -2.53. The monoisotopic (exact) mass is 629 g/mol. The highest BCUT2D eigenvalue weighted by atomic mass is 19.1. The molecule has 4 N–H and O–H groups in total. The van der Waals surface area contributed by atoms with Gasteiger partial charge in [-0.2, -0.15) is 0 Å². The first-order chi connectivity index (χ1) is 21.7. The van der Waals surface area contributed by atoms with Crippen LogP contribution in [0.4, 0.5) is 14.6 Å². The zero-order chi connectivity index (χ0) is 31.7. The third kappa shape index (κ3) is 6.53. The van der Waals surface area contributed by atoms with E-state index in [0.717, 1.165) is 68.5 Å². The predicted molar refractivity (Wildman–Crippen MR) is 168 cm³/mol. The summed E-state index contributed by atoms with van der Waals surface area (Å²) >= 11 is 0. The zero-order valence-corrected chi connectivity index (χ0v) is 26.7. The highest BCUT2D eigenvalue weighted by Crippen LogP contribution is 2.38. The van der Waals surface area contributed by atoms with Crippen LogP contribution in [0, 0.1) is 11.7 Å². The number of fused-ring (bicyclic) bond motifs is 1. The van der Waals surface area contributed by atoms with Gasteiger partial charge < -0.3 is 26.2 Å². The molecule has 4 aliphatic rings. The molecule has 0 radical (unpaired) electrons. The summed E-state index contributed by atoms with van der Waals surface area (Å²) in [5, 5.41) is 10.7. The molecule has 3 saturated heterocycles. The first kappa shape index (κ1) is 32.1. The third-order valence-corrected chi connectivity index (χ3v) is 10.9. The van der Waals surface area contributed by atoms with Crippen LogP contribution in [0.15, 0.2) is 12.4 Å². The van der Waals surface area contributed by atoms with Gasteiger partial charge in [-0.05, 0) is 52.9 Å². The van der Waals surface area contributed by atoms with Crippen LogP contribution < -0.4 is 16.4 Å². The van der Waals surface area contributed by atoms with E-state index in [1.54, 1.807) is 0 Å². The number of halogens is 2. The number of likely N-dealkylation sites (N-methyl/N-ethyl adjacent to an activating group) is 1. The molecule has 1 aliphatic carbocycles. The lowest BCUT2D eigenvalue weighted by Crippen LogP contribution is -2.73. The minimum absolute atomic E-state index is 0.0537. The van der Waals surface area contributed by atoms with Crippen LogP contribution in [-0.2, 0) is 4.79 Å². The Morgan fingerprint density at radius 2 is 1.71 bits per heavy atom. The quantitative estimate of drug-likeness (QED) is 0.462. The second kappa shape index (κ2) is 13.4. The van der Waals surface area contributed by atoms with Crippen LogP contribution in [0.1, 0.15) is 81.0 Å². The molecule has 2 aromatic rings. The fraction of sp³-hybridized carbons (Fsp3) is 0.750. The Morgan fingerprint density at radius 1 is 1.07 bits per heavy atom. The van der Waals surface area contributed by atoms with Gasteiger partial charge >= 0.3 is 0 Å². The molecule has 5 heterocycles. The third-order valence-electron chi connectivity index (χ3n) is 10.9. The van der Waals surface area contributed by atoms with Crippen molar-refractivity contribution in [1.82, 2.24) is 39.9 Å². The summed E-state index contributed by atoms with van der Waals surface area (Å²) < 4.78 is 32.2. The van der Waals surface area contributed by atoms with Gasteiger partial charge in [0, 0.05) is 31.6 Å². The highest BCUT2D eigenvalue weighted by molar-refractivity contribution is 6.04. The minimum atomic E-state index is -1.21. The first-order valence-corrected chi connectivity index (χ1v) is 16.9. The maximum atomic E-state index is 17.3. The second-order valence-electron chi connectivity index (χ2n) is 14.0. The predicted octanol–water partition coefficient (Wildman–Crippen LogP) is 2.61. The molecule has 0 aromatic carbocycles. The van der Waals surface area contributed by atoms with Gasteiger partial charge in [-0.3, -0.25) is 14.5 Å². The number of nitrogens with one attached hydrogen (secondary N) is 2. The molecule has 45 heavy (non-hydrogen) atoms. The van der Waals surface area contributed by atoms with Crippen molar-refractivity contribution in [3.05, 3.63) is 23.8 Å². The van der Waals surface area contributed by atoms with Gasteiger partial charge in [0.05, 0.1) is 30.0 Å². The number of anilines is 1. The van der Waals surface area contributed by atoms with Gasteiger partial charge in [0.2, 0.25) is 5.91 Å². The van der Waals surface area contributed by atoms with Gasteiger partial charge in [-0.25, -0.2) is 18.3 Å². The standard InChI is InChI=1S/C32H49F2N9O2/c1-40(2)23-19-42(20-23)31(45)21-10-14-41(15-11-21)26-24(17-37-32(27(26)34)12-8-6-4-3-5-7-9-13-32)38-30(44)25-28(35)39-43-18-22(33)16-36-29(25)43/h16,18,21,23-24,26-27,37H,3-15,17,19-20H2,1-2H3,(H2,35,39)(H,38,44). The lowest BCUT2D eigenvalue weighted by atomic mass is 9.73. The van der Waals surface area contributed by atoms with Crippen molar-refractivity contribution in [3.63, 3.8) is 0 Å². The average Bonchev–Trinajstić information content (AvgIpc) is 3.32. The van der Waals surface area contributed by atoms with Crippen LogP contribution in [0.25, 0.3) is 5.65 Å². The molecule has 3 atom stereocenters. The number of nitrogens with zero attached hydrogens (tertiary/aromatic N) is 6. The highest BCUT2D eigenvalue weighted by Gasteiger charge is 2.52. The van der Waals surface area contributed by atoms with Crippen molar-refractivity contribution in [2.24, 2.45) is 5.92 Å². The van der Waals surface area contributed by atoms with E-state index in [4.69, 9.17) is 5.73 Å². The summed E-state index contributed by atoms with van der Waals surface area (Å²) in [6.45, 7) is 3.12. The fourth-order valence-electron chi connectivity index (χ4n) is 8.03. The van der Waals surface area contributed by atoms with Gasteiger partial charge in [-0.1, -0.05) is 44.9 Å². The van der Waals surface area contributed by atoms with Crippen molar-refractivity contribution < 1.29 is 18.4 Å². The summed E-state index contributed by atoms with van der Waals surface area (Å²) in [7, 11) is 4.08. The van der Waals surface area contributed by atoms with Crippen LogP contribution in [0.3, 0.4) is 0 Å². The van der Waals surface area contributed by atoms with Crippen molar-refractivity contribution in [3.8, 4) is 0 Å². The smallest absolute Gasteiger partial charge is 0.259 e. The molecule has 6 rings (SSSR count). The van der Waals surface area contributed by atoms with Crippen LogP contribution in [-0.4, -0.2) is 118 Å². The maximum Gasteiger partial charge on any atom is 0.259 e. The SMILES string of the molecule is CN(C)C1CN(C(=O)C2CCN(C3C(NC(=O)c4c(N)nn5cc(F)cnc45)CNC4(CCCCCCCCC4)C3F)CC2)C1. The molecule has 3 aliphatic heterocycles. The Bertz CT molecular complexity index is 1350. The number of piperidine rings is 2. The van der Waals surface area contributed by atoms with Crippen molar-refractivity contribution in [2.45, 2.75) is 100 Å². The number of amides is 2. The molecule has 0 bridgehead atoms. The normalized spacial score (nSPS) is 27.5. The Morgan fingerprint density at radius 3 is 2.36 bits per heavy atom. The second-order valence-corrected chi connectivity index (χ2v) is 14.0. The van der Waals surface area contributed by atoms with E-state index in [9.17, 15) is 14.0 Å². The molecule has 1 saturated carbocycles. The van der Waals surface area contributed by atoms with E-state index < -0.39 is 35.5 Å². The number of aromatic nitrogens is 3. The van der Waals surface area contributed by atoms with Gasteiger partial charge in [0.1, 0.15) is 11.7 Å². The van der Waals surface area contributed by atoms with Crippen molar-refractivity contribution in [2.75, 3.05) is 52.6 Å². The number of carbonyl (C=O) groups excluding carboxylic acids is 2. The van der Waals surface area contributed by atoms with Gasteiger partial charge in [0.25, 0.3) is 5.91 Å². The zero-order valence-electron chi connectivity index (χ0n) is 26.7. The van der Waals surface area contributed by atoms with E-state index in [-0.39, 0.29) is 28.9 Å². The molecule has 3 unspecified atom stereocenters. The summed E-state index contributed by atoms with van der Waals surface area (Å²) in [4.78, 5) is 37.3. The number of alkyl halides is 1. The molecule has 248 valence electrons. The van der Waals surface area contributed by atoms with Gasteiger partial charge in [-0.15, -0.1) is 5.10 Å². The number of carbonyl (C=O) groups is 2. The molecular weight excluding hydrogens is 580 g/mol. The molecular formula is C32H49F2N9O2. The first-order valence-electron chi connectivity index (χ1n) is 16.9. The van der Waals surface area contributed by atoms with E-state index >= 15 is 4.39 Å². The molecule has 13 heteroatoms. The molecule has 1 spiro atoms. The van der Waals surface area contributed by atoms with Crippen molar-refractivity contribution in [1.29, 1.82) is 0 Å². The lowest BCUT2D eigenvalue weighted by molar-refractivity contribution is -0.144. The van der Waals surface area contributed by atoms with Gasteiger partial charge in [0.15, 0.2) is 17.3 Å². The minimum Gasteiger partial charge on any atom is -0.381 e. The Labute approximate surface area is 264 Å². The number of nitrogen functional groups attached to an aromatic ring is 1. The number of rotatable bonds is 5. The molecule has 2 aromatic heterocycles. The number of likely N-dealkylation sites (tertiary alicyclic amines) is 2. The van der Waals surface area contributed by atoms with Crippen LogP contribution >= 0.6 is 0 Å². The Kier molecular flexibility index (Phi) is 9.58. The summed E-state index contributed by atoms with van der Waals surface area (Å²) in [5.74, 6) is -1.03. The maximum absolute atomic E-state index is 17.3. The largest absolute Gasteiger partial charge is 0.381 e. The van der Waals surface area contributed by atoms with Crippen LogP contribution in [0.2, 0.25) is 0 Å². The van der Waals surface area contributed by atoms with E-state index in [1.165, 1.54) is 19.3 Å². The Balaban J connectivity index is 1.21. The van der Waals surface area contributed by atoms with Crippen molar-refractivity contribution >= 4 is 23.3 Å².